The number of nitrogens with zero attached hydrogens (tertiary/aromatic N) is 2. The van der Waals surface area contributed by atoms with E-state index in [1.54, 1.807) is 23.1 Å². The van der Waals surface area contributed by atoms with E-state index in [-0.39, 0.29) is 18.4 Å². The van der Waals surface area contributed by atoms with E-state index in [9.17, 15) is 22.8 Å². The molecule has 1 N–H and O–H groups in total. The van der Waals surface area contributed by atoms with Crippen LogP contribution in [0, 0.1) is 5.92 Å². The monoisotopic (exact) mass is 315 g/mol. The lowest BCUT2D eigenvalue weighted by Crippen LogP contribution is -2.44. The average molecular weight is 315 g/mol. The Morgan fingerprint density at radius 3 is 2.50 bits per heavy atom. The minimum absolute atomic E-state index is 0.0238. The molecule has 2 rings (SSSR count). The van der Waals surface area contributed by atoms with Gasteiger partial charge in [-0.05, 0) is 30.9 Å². The molecular weight excluding hydrogens is 299 g/mol. The average Bonchev–Trinajstić information content (AvgIpc) is 2.52. The first-order chi connectivity index (χ1) is 10.4. The van der Waals surface area contributed by atoms with E-state index >= 15 is 0 Å². The van der Waals surface area contributed by atoms with Gasteiger partial charge in [-0.1, -0.05) is 6.07 Å². The lowest BCUT2D eigenvalue weighted by Gasteiger charge is -2.31. The fourth-order valence-corrected chi connectivity index (χ4v) is 2.33. The number of hydrogen-bond acceptors (Lipinski definition) is 3. The largest absolute Gasteiger partial charge is 0.471 e. The minimum Gasteiger partial charge on any atom is -0.348 e. The van der Waals surface area contributed by atoms with Crippen LogP contribution >= 0.6 is 0 Å². The van der Waals surface area contributed by atoms with Gasteiger partial charge in [-0.2, -0.15) is 13.2 Å². The number of alkyl halides is 3. The molecule has 1 aliphatic heterocycles. The third-order valence-corrected chi connectivity index (χ3v) is 3.59. The molecule has 0 bridgehead atoms. The van der Waals surface area contributed by atoms with Crippen LogP contribution in [0.25, 0.3) is 0 Å². The zero-order valence-corrected chi connectivity index (χ0v) is 11.8. The summed E-state index contributed by atoms with van der Waals surface area (Å²) in [6.45, 7) is 0.869. The van der Waals surface area contributed by atoms with Gasteiger partial charge in [0.25, 0.3) is 5.91 Å². The Morgan fingerprint density at radius 1 is 1.27 bits per heavy atom. The van der Waals surface area contributed by atoms with Crippen LogP contribution in [0.15, 0.2) is 24.4 Å². The van der Waals surface area contributed by atoms with Crippen LogP contribution in [0.1, 0.15) is 23.3 Å². The molecule has 5 nitrogen and oxygen atoms in total. The van der Waals surface area contributed by atoms with Crippen molar-refractivity contribution in [3.8, 4) is 0 Å². The summed E-state index contributed by atoms with van der Waals surface area (Å²) in [4.78, 5) is 28.5. The van der Waals surface area contributed by atoms with Gasteiger partial charge >= 0.3 is 12.1 Å². The van der Waals surface area contributed by atoms with Crippen LogP contribution in [0.2, 0.25) is 0 Å². The summed E-state index contributed by atoms with van der Waals surface area (Å²) in [6, 6.07) is 5.06. The van der Waals surface area contributed by atoms with Gasteiger partial charge in [0.2, 0.25) is 0 Å². The predicted octanol–water partition coefficient (Wildman–Crippen LogP) is 1.61. The van der Waals surface area contributed by atoms with Crippen molar-refractivity contribution in [3.63, 3.8) is 0 Å². The molecule has 22 heavy (non-hydrogen) atoms. The van der Waals surface area contributed by atoms with Crippen LogP contribution in [0.3, 0.4) is 0 Å². The van der Waals surface area contributed by atoms with Crippen molar-refractivity contribution in [2.75, 3.05) is 19.6 Å². The van der Waals surface area contributed by atoms with E-state index in [1.165, 1.54) is 6.20 Å². The number of carbonyl (C=O) groups excluding carboxylic acids is 2. The molecule has 8 heteroatoms. The maximum Gasteiger partial charge on any atom is 0.471 e. The second-order valence-electron chi connectivity index (χ2n) is 5.16. The van der Waals surface area contributed by atoms with E-state index < -0.39 is 12.1 Å². The van der Waals surface area contributed by atoms with Crippen molar-refractivity contribution in [1.29, 1.82) is 0 Å². The number of piperidine rings is 1. The van der Waals surface area contributed by atoms with Gasteiger partial charge in [0.1, 0.15) is 5.69 Å². The van der Waals surface area contributed by atoms with Gasteiger partial charge in [-0.3, -0.25) is 14.6 Å². The highest BCUT2D eigenvalue weighted by molar-refractivity contribution is 5.92. The molecule has 2 heterocycles. The second-order valence-corrected chi connectivity index (χ2v) is 5.16. The molecule has 1 aliphatic rings. The number of rotatable bonds is 3. The Balaban J connectivity index is 1.79. The maximum absolute atomic E-state index is 12.1. The summed E-state index contributed by atoms with van der Waals surface area (Å²) in [7, 11) is 0. The molecule has 0 unspecified atom stereocenters. The first-order valence-corrected chi connectivity index (χ1v) is 6.93. The summed E-state index contributed by atoms with van der Waals surface area (Å²) in [5.41, 5.74) is 0.353. The highest BCUT2D eigenvalue weighted by Crippen LogP contribution is 2.19. The van der Waals surface area contributed by atoms with Gasteiger partial charge in [0, 0.05) is 25.8 Å². The van der Waals surface area contributed by atoms with Crippen LogP contribution in [0.4, 0.5) is 13.2 Å². The Bertz CT molecular complexity index is 526. The summed E-state index contributed by atoms with van der Waals surface area (Å²) in [6.07, 6.45) is -2.21. The van der Waals surface area contributed by atoms with E-state index in [0.29, 0.717) is 31.6 Å². The summed E-state index contributed by atoms with van der Waals surface area (Å²) in [5.74, 6) is -2.16. The molecule has 1 aromatic rings. The van der Waals surface area contributed by atoms with Crippen molar-refractivity contribution < 1.29 is 22.8 Å². The predicted molar refractivity (Wildman–Crippen MR) is 71.9 cm³/mol. The van der Waals surface area contributed by atoms with Crippen molar-refractivity contribution >= 4 is 11.8 Å². The van der Waals surface area contributed by atoms with E-state index in [0.717, 1.165) is 0 Å². The van der Waals surface area contributed by atoms with Gasteiger partial charge in [0.15, 0.2) is 0 Å². The molecule has 0 radical (unpaired) electrons. The quantitative estimate of drug-likeness (QED) is 0.922. The Kier molecular flexibility index (Phi) is 4.99. The number of amides is 2. The van der Waals surface area contributed by atoms with Crippen LogP contribution in [-0.4, -0.2) is 47.5 Å². The zero-order valence-electron chi connectivity index (χ0n) is 11.8. The molecule has 0 aliphatic carbocycles. The number of pyridine rings is 1. The number of halogens is 3. The van der Waals surface area contributed by atoms with Gasteiger partial charge < -0.3 is 10.2 Å². The molecule has 1 aromatic heterocycles. The first-order valence-electron chi connectivity index (χ1n) is 6.93. The van der Waals surface area contributed by atoms with E-state index in [1.807, 2.05) is 5.32 Å². The van der Waals surface area contributed by atoms with Crippen molar-refractivity contribution in [1.82, 2.24) is 15.2 Å². The first kappa shape index (κ1) is 16.3. The molecule has 1 fully saturated rings. The van der Waals surface area contributed by atoms with E-state index in [4.69, 9.17) is 0 Å². The van der Waals surface area contributed by atoms with E-state index in [2.05, 4.69) is 4.98 Å². The van der Waals surface area contributed by atoms with Crippen LogP contribution < -0.4 is 5.32 Å². The standard InChI is InChI=1S/C14H16F3N3O2/c15-14(16,17)13(22)19-9-10-4-7-20(8-5-10)12(21)11-3-1-2-6-18-11/h1-3,6,10H,4-5,7-9H2,(H,19,22). The molecule has 2 amide bonds. The van der Waals surface area contributed by atoms with Gasteiger partial charge in [0.05, 0.1) is 0 Å². The molecule has 0 aromatic carbocycles. The fourth-order valence-electron chi connectivity index (χ4n) is 2.33. The topological polar surface area (TPSA) is 62.3 Å². The van der Waals surface area contributed by atoms with Crippen molar-refractivity contribution in [3.05, 3.63) is 30.1 Å². The Hall–Kier alpha value is -2.12. The number of carbonyl (C=O) groups is 2. The Labute approximate surface area is 125 Å². The maximum atomic E-state index is 12.1. The summed E-state index contributed by atoms with van der Waals surface area (Å²) < 4.78 is 36.3. The lowest BCUT2D eigenvalue weighted by molar-refractivity contribution is -0.173. The highest BCUT2D eigenvalue weighted by atomic mass is 19.4. The SMILES string of the molecule is O=C(c1ccccn1)N1CCC(CNC(=O)C(F)(F)F)CC1. The molecule has 1 saturated heterocycles. The number of aromatic nitrogens is 1. The molecule has 120 valence electrons. The molecule has 0 spiro atoms. The third-order valence-electron chi connectivity index (χ3n) is 3.59. The van der Waals surface area contributed by atoms with Crippen LogP contribution in [-0.2, 0) is 4.79 Å². The zero-order chi connectivity index (χ0) is 16.2. The van der Waals surface area contributed by atoms with Crippen molar-refractivity contribution in [2.24, 2.45) is 5.92 Å². The summed E-state index contributed by atoms with van der Waals surface area (Å²) in [5, 5.41) is 1.89. The molecular formula is C14H16F3N3O2. The number of nitrogens with one attached hydrogen (secondary N) is 1. The molecule has 0 atom stereocenters. The lowest BCUT2D eigenvalue weighted by atomic mass is 9.96. The fraction of sp³-hybridized carbons (Fsp3) is 0.500. The molecule has 0 saturated carbocycles. The number of likely N-dealkylation sites (tertiary alicyclic amines) is 1. The Morgan fingerprint density at radius 2 is 1.95 bits per heavy atom. The van der Waals surface area contributed by atoms with Gasteiger partial charge in [-0.15, -0.1) is 0 Å². The van der Waals surface area contributed by atoms with Crippen LogP contribution in [0.5, 0.6) is 0 Å². The van der Waals surface area contributed by atoms with Crippen molar-refractivity contribution in [2.45, 2.75) is 19.0 Å². The highest BCUT2D eigenvalue weighted by Gasteiger charge is 2.38. The third kappa shape index (κ3) is 4.19. The normalized spacial score (nSPS) is 16.4. The summed E-state index contributed by atoms with van der Waals surface area (Å²) >= 11 is 0. The minimum atomic E-state index is -4.85. The number of hydrogen-bond donors (Lipinski definition) is 1. The second kappa shape index (κ2) is 6.76. The smallest absolute Gasteiger partial charge is 0.348 e. The van der Waals surface area contributed by atoms with Gasteiger partial charge in [-0.25, -0.2) is 0 Å².